The van der Waals surface area contributed by atoms with E-state index in [4.69, 9.17) is 4.74 Å². The molecule has 0 atom stereocenters. The molecule has 102 valence electrons. The van der Waals surface area contributed by atoms with Crippen molar-refractivity contribution in [1.82, 2.24) is 15.0 Å². The molecule has 0 saturated carbocycles. The molecule has 0 amide bonds. The second kappa shape index (κ2) is 5.54. The highest BCUT2D eigenvalue weighted by atomic mass is 79.9. The Morgan fingerprint density at radius 3 is 2.75 bits per heavy atom. The maximum absolute atomic E-state index is 5.39. The molecule has 0 aliphatic heterocycles. The summed E-state index contributed by atoms with van der Waals surface area (Å²) in [6.07, 6.45) is 0. The average molecular weight is 397 g/mol. The zero-order valence-corrected chi connectivity index (χ0v) is 13.8. The number of pyridine rings is 1. The number of halogens is 2. The van der Waals surface area contributed by atoms with Gasteiger partial charge in [0.2, 0.25) is 5.88 Å². The summed E-state index contributed by atoms with van der Waals surface area (Å²) >= 11 is 6.99. The maximum atomic E-state index is 5.39. The van der Waals surface area contributed by atoms with Crippen molar-refractivity contribution in [1.29, 1.82) is 0 Å². The van der Waals surface area contributed by atoms with E-state index in [1.165, 1.54) is 0 Å². The van der Waals surface area contributed by atoms with Crippen LogP contribution in [0.1, 0.15) is 6.92 Å². The summed E-state index contributed by atoms with van der Waals surface area (Å²) in [4.78, 5) is 12.2. The van der Waals surface area contributed by atoms with Crippen LogP contribution in [0.5, 0.6) is 5.88 Å². The number of H-pyrrole nitrogens is 1. The van der Waals surface area contributed by atoms with Gasteiger partial charge in [0, 0.05) is 20.6 Å². The van der Waals surface area contributed by atoms with Gasteiger partial charge in [-0.25, -0.2) is 4.98 Å². The molecule has 1 N–H and O–H groups in total. The molecular weight excluding hydrogens is 386 g/mol. The van der Waals surface area contributed by atoms with E-state index in [0.29, 0.717) is 18.1 Å². The molecule has 0 unspecified atom stereocenters. The van der Waals surface area contributed by atoms with Gasteiger partial charge in [0.05, 0.1) is 12.1 Å². The van der Waals surface area contributed by atoms with E-state index in [0.717, 1.165) is 25.8 Å². The minimum Gasteiger partial charge on any atom is -0.478 e. The topological polar surface area (TPSA) is 50.8 Å². The van der Waals surface area contributed by atoms with Gasteiger partial charge in [0.15, 0.2) is 5.65 Å². The number of aromatic amines is 1. The number of ether oxygens (including phenoxy) is 1. The highest BCUT2D eigenvalue weighted by molar-refractivity contribution is 9.11. The molecule has 0 radical (unpaired) electrons. The van der Waals surface area contributed by atoms with Gasteiger partial charge in [0.1, 0.15) is 5.82 Å². The number of benzene rings is 1. The first-order chi connectivity index (χ1) is 9.67. The van der Waals surface area contributed by atoms with Gasteiger partial charge >= 0.3 is 0 Å². The number of aromatic nitrogens is 3. The molecule has 0 fully saturated rings. The quantitative estimate of drug-likeness (QED) is 0.706. The van der Waals surface area contributed by atoms with Crippen molar-refractivity contribution >= 4 is 43.0 Å². The Kier molecular flexibility index (Phi) is 3.76. The lowest BCUT2D eigenvalue weighted by Gasteiger charge is -2.00. The van der Waals surface area contributed by atoms with E-state index < -0.39 is 0 Å². The highest BCUT2D eigenvalue weighted by Gasteiger charge is 2.10. The highest BCUT2D eigenvalue weighted by Crippen LogP contribution is 2.30. The van der Waals surface area contributed by atoms with Crippen molar-refractivity contribution in [3.8, 4) is 17.3 Å². The maximum Gasteiger partial charge on any atom is 0.215 e. The van der Waals surface area contributed by atoms with E-state index in [1.807, 2.05) is 37.3 Å². The number of hydrogen-bond acceptors (Lipinski definition) is 3. The smallest absolute Gasteiger partial charge is 0.215 e. The Balaban J connectivity index is 2.08. The number of nitrogens with zero attached hydrogens (tertiary/aromatic N) is 2. The molecule has 4 nitrogen and oxygen atoms in total. The van der Waals surface area contributed by atoms with Crippen LogP contribution in [-0.2, 0) is 0 Å². The molecule has 2 aromatic heterocycles. The zero-order valence-electron chi connectivity index (χ0n) is 10.7. The summed E-state index contributed by atoms with van der Waals surface area (Å²) in [7, 11) is 0. The van der Waals surface area contributed by atoms with Crippen LogP contribution < -0.4 is 4.74 Å². The third-order valence-electron chi connectivity index (χ3n) is 2.80. The lowest BCUT2D eigenvalue weighted by Crippen LogP contribution is -1.93. The van der Waals surface area contributed by atoms with Crippen LogP contribution in [0, 0.1) is 0 Å². The predicted molar refractivity (Wildman–Crippen MR) is 85.9 cm³/mol. The first kappa shape index (κ1) is 13.6. The molecule has 3 rings (SSSR count). The van der Waals surface area contributed by atoms with Gasteiger partial charge in [-0.2, -0.15) is 4.98 Å². The Morgan fingerprint density at radius 1 is 1.15 bits per heavy atom. The molecule has 0 aliphatic carbocycles. The van der Waals surface area contributed by atoms with Crippen LogP contribution in [-0.4, -0.2) is 21.6 Å². The molecule has 3 aromatic rings. The molecule has 1 aromatic carbocycles. The summed E-state index contributed by atoms with van der Waals surface area (Å²) in [5.41, 5.74) is 2.53. The van der Waals surface area contributed by atoms with Gasteiger partial charge in [0.25, 0.3) is 0 Å². The molecule has 6 heteroatoms. The largest absolute Gasteiger partial charge is 0.478 e. The van der Waals surface area contributed by atoms with Crippen LogP contribution >= 0.6 is 31.9 Å². The van der Waals surface area contributed by atoms with Gasteiger partial charge in [-0.3, -0.25) is 0 Å². The molecule has 0 saturated heterocycles. The molecule has 20 heavy (non-hydrogen) atoms. The Morgan fingerprint density at radius 2 is 2.00 bits per heavy atom. The zero-order chi connectivity index (χ0) is 14.1. The SMILES string of the molecule is CCOc1ccc2[nH]c(-c3ccc(Br)cc3Br)nc2n1. The van der Waals surface area contributed by atoms with E-state index >= 15 is 0 Å². The third-order valence-corrected chi connectivity index (χ3v) is 3.95. The molecular formula is C14H11Br2N3O. The Labute approximate surface area is 132 Å². The second-order valence-electron chi connectivity index (χ2n) is 4.16. The predicted octanol–water partition coefficient (Wildman–Crippen LogP) is 4.55. The van der Waals surface area contributed by atoms with Crippen LogP contribution in [0.25, 0.3) is 22.6 Å². The second-order valence-corrected chi connectivity index (χ2v) is 5.93. The van der Waals surface area contributed by atoms with Crippen molar-refractivity contribution in [2.45, 2.75) is 6.92 Å². The average Bonchev–Trinajstić information content (AvgIpc) is 2.81. The van der Waals surface area contributed by atoms with Crippen LogP contribution in [0.3, 0.4) is 0 Å². The van der Waals surface area contributed by atoms with Crippen LogP contribution in [0.4, 0.5) is 0 Å². The fourth-order valence-electron chi connectivity index (χ4n) is 1.91. The number of fused-ring (bicyclic) bond motifs is 1. The lowest BCUT2D eigenvalue weighted by atomic mass is 10.2. The summed E-state index contributed by atoms with van der Waals surface area (Å²) in [6, 6.07) is 9.73. The summed E-state index contributed by atoms with van der Waals surface area (Å²) < 4.78 is 7.37. The summed E-state index contributed by atoms with van der Waals surface area (Å²) in [5, 5.41) is 0. The van der Waals surface area contributed by atoms with Crippen molar-refractivity contribution in [3.05, 3.63) is 39.3 Å². The fraction of sp³-hybridized carbons (Fsp3) is 0.143. The van der Waals surface area contributed by atoms with Crippen LogP contribution in [0.15, 0.2) is 39.3 Å². The van der Waals surface area contributed by atoms with Crippen molar-refractivity contribution in [2.24, 2.45) is 0 Å². The Hall–Kier alpha value is -1.40. The van der Waals surface area contributed by atoms with E-state index in [-0.39, 0.29) is 0 Å². The summed E-state index contributed by atoms with van der Waals surface area (Å²) in [6.45, 7) is 2.52. The fourth-order valence-corrected chi connectivity index (χ4v) is 3.15. The summed E-state index contributed by atoms with van der Waals surface area (Å²) in [5.74, 6) is 1.37. The van der Waals surface area contributed by atoms with Crippen LogP contribution in [0.2, 0.25) is 0 Å². The Bertz CT molecular complexity index is 770. The van der Waals surface area contributed by atoms with Crippen molar-refractivity contribution in [3.63, 3.8) is 0 Å². The molecule has 0 spiro atoms. The standard InChI is InChI=1S/C14H11Br2N3O/c1-2-20-12-6-5-11-14(18-12)19-13(17-11)9-4-3-8(15)7-10(9)16/h3-7H,2H2,1H3,(H,17,18,19). The first-order valence-electron chi connectivity index (χ1n) is 6.12. The third kappa shape index (κ3) is 2.58. The van der Waals surface area contributed by atoms with Gasteiger partial charge < -0.3 is 9.72 Å². The van der Waals surface area contributed by atoms with Gasteiger partial charge in [-0.15, -0.1) is 0 Å². The normalized spacial score (nSPS) is 10.9. The first-order valence-corrected chi connectivity index (χ1v) is 7.71. The van der Waals surface area contributed by atoms with Crippen molar-refractivity contribution in [2.75, 3.05) is 6.61 Å². The van der Waals surface area contributed by atoms with E-state index in [2.05, 4.69) is 46.8 Å². The van der Waals surface area contributed by atoms with Crippen molar-refractivity contribution < 1.29 is 4.74 Å². The monoisotopic (exact) mass is 395 g/mol. The molecule has 0 aliphatic rings. The number of hydrogen-bond donors (Lipinski definition) is 1. The van der Waals surface area contributed by atoms with E-state index in [9.17, 15) is 0 Å². The minimum absolute atomic E-state index is 0.591. The number of nitrogens with one attached hydrogen (secondary N) is 1. The molecule has 0 bridgehead atoms. The minimum atomic E-state index is 0.591. The van der Waals surface area contributed by atoms with Gasteiger partial charge in [-0.05, 0) is 47.1 Å². The lowest BCUT2D eigenvalue weighted by molar-refractivity contribution is 0.328. The van der Waals surface area contributed by atoms with Gasteiger partial charge in [-0.1, -0.05) is 15.9 Å². The number of imidazole rings is 1. The molecule has 2 heterocycles. The van der Waals surface area contributed by atoms with E-state index in [1.54, 1.807) is 0 Å². The number of rotatable bonds is 3.